The average molecular weight is 369 g/mol. The molecule has 3 atom stereocenters. The van der Waals surface area contributed by atoms with Gasteiger partial charge in [-0.2, -0.15) is 9.40 Å². The molecule has 3 heterocycles. The Morgan fingerprint density at radius 1 is 1.20 bits per heavy atom. The van der Waals surface area contributed by atoms with Crippen molar-refractivity contribution < 1.29 is 13.2 Å². The minimum absolute atomic E-state index is 0.331. The molecule has 0 amide bonds. The van der Waals surface area contributed by atoms with E-state index in [0.29, 0.717) is 42.4 Å². The Bertz CT molecular complexity index is 685. The quantitative estimate of drug-likeness (QED) is 0.794. The molecule has 140 valence electrons. The molecule has 7 nitrogen and oxygen atoms in total. The number of ether oxygens (including phenoxy) is 1. The molecule has 0 aromatic carbocycles. The van der Waals surface area contributed by atoms with E-state index in [-0.39, 0.29) is 0 Å². The van der Waals surface area contributed by atoms with Gasteiger partial charge in [0.25, 0.3) is 0 Å². The molecule has 25 heavy (non-hydrogen) atoms. The van der Waals surface area contributed by atoms with Crippen molar-refractivity contribution in [3.8, 4) is 0 Å². The minimum atomic E-state index is -3.44. The van der Waals surface area contributed by atoms with E-state index in [0.717, 1.165) is 39.1 Å². The second kappa shape index (κ2) is 6.98. The smallest absolute Gasteiger partial charge is 0.246 e. The van der Waals surface area contributed by atoms with Crippen molar-refractivity contribution >= 4 is 10.0 Å². The fraction of sp³-hybridized carbons (Fsp3) is 0.824. The molecule has 1 aromatic rings. The predicted octanol–water partition coefficient (Wildman–Crippen LogP) is 1.02. The highest BCUT2D eigenvalue weighted by atomic mass is 32.2. The fourth-order valence-corrected chi connectivity index (χ4v) is 6.34. The van der Waals surface area contributed by atoms with Crippen LogP contribution in [0, 0.1) is 11.8 Å². The number of hydrogen-bond donors (Lipinski definition) is 0. The monoisotopic (exact) mass is 368 g/mol. The summed E-state index contributed by atoms with van der Waals surface area (Å²) in [6.07, 6.45) is 6.61. The molecule has 1 aromatic heterocycles. The summed E-state index contributed by atoms with van der Waals surface area (Å²) in [6.45, 7) is 7.47. The van der Waals surface area contributed by atoms with Crippen molar-refractivity contribution in [1.29, 1.82) is 0 Å². The Morgan fingerprint density at radius 2 is 1.88 bits per heavy atom. The highest BCUT2D eigenvalue weighted by Gasteiger charge is 2.45. The number of piperidine rings is 1. The van der Waals surface area contributed by atoms with Crippen molar-refractivity contribution in [3.05, 3.63) is 12.4 Å². The van der Waals surface area contributed by atoms with Crippen molar-refractivity contribution in [2.75, 3.05) is 39.4 Å². The molecule has 1 unspecified atom stereocenters. The molecule has 3 fully saturated rings. The number of aromatic nitrogens is 2. The van der Waals surface area contributed by atoms with Gasteiger partial charge in [-0.1, -0.05) is 6.42 Å². The number of morpholine rings is 1. The van der Waals surface area contributed by atoms with Crippen molar-refractivity contribution in [2.24, 2.45) is 11.8 Å². The lowest BCUT2D eigenvalue weighted by Crippen LogP contribution is -2.60. The van der Waals surface area contributed by atoms with Gasteiger partial charge in [0.1, 0.15) is 4.90 Å². The molecule has 1 saturated carbocycles. The van der Waals surface area contributed by atoms with E-state index in [9.17, 15) is 8.42 Å². The maximum Gasteiger partial charge on any atom is 0.246 e. The third kappa shape index (κ3) is 3.25. The number of nitrogens with zero attached hydrogens (tertiary/aromatic N) is 4. The summed E-state index contributed by atoms with van der Waals surface area (Å²) in [5.41, 5.74) is 0. The first kappa shape index (κ1) is 17.5. The van der Waals surface area contributed by atoms with Crippen LogP contribution in [0.15, 0.2) is 17.3 Å². The van der Waals surface area contributed by atoms with E-state index in [4.69, 9.17) is 4.74 Å². The Morgan fingerprint density at radius 3 is 2.48 bits per heavy atom. The molecular formula is C17H28N4O3S. The van der Waals surface area contributed by atoms with Crippen LogP contribution >= 0.6 is 0 Å². The largest absolute Gasteiger partial charge is 0.379 e. The number of rotatable bonds is 4. The first-order chi connectivity index (χ1) is 12.1. The maximum atomic E-state index is 13.1. The Kier molecular flexibility index (Phi) is 4.87. The fourth-order valence-electron chi connectivity index (χ4n) is 4.83. The van der Waals surface area contributed by atoms with E-state index in [2.05, 4.69) is 10.00 Å². The SMILES string of the molecule is CCn1cc(S(=O)(=O)N2C[C@H]3CCC[C@@H](C2)C3N2CCOCC2)cn1. The van der Waals surface area contributed by atoms with Crippen LogP contribution in [0.1, 0.15) is 26.2 Å². The van der Waals surface area contributed by atoms with Crippen LogP contribution < -0.4 is 0 Å². The van der Waals surface area contributed by atoms with Crippen LogP contribution in [0.4, 0.5) is 0 Å². The number of fused-ring (bicyclic) bond motifs is 2. The Hall–Kier alpha value is -0.960. The van der Waals surface area contributed by atoms with Crippen molar-refractivity contribution in [3.63, 3.8) is 0 Å². The van der Waals surface area contributed by atoms with E-state index in [1.807, 2.05) is 6.92 Å². The van der Waals surface area contributed by atoms with Gasteiger partial charge < -0.3 is 4.74 Å². The third-order valence-electron chi connectivity index (χ3n) is 6.03. The van der Waals surface area contributed by atoms with E-state index in [1.54, 1.807) is 15.2 Å². The van der Waals surface area contributed by atoms with Gasteiger partial charge in [-0.15, -0.1) is 0 Å². The van der Waals surface area contributed by atoms with Crippen LogP contribution in [0.5, 0.6) is 0 Å². The summed E-state index contributed by atoms with van der Waals surface area (Å²) in [5, 5.41) is 4.15. The first-order valence-electron chi connectivity index (χ1n) is 9.44. The van der Waals surface area contributed by atoms with E-state index >= 15 is 0 Å². The van der Waals surface area contributed by atoms with Crippen LogP contribution in [-0.4, -0.2) is 72.8 Å². The second-order valence-electron chi connectivity index (χ2n) is 7.44. The standard InChI is InChI=1S/C17H28N4O3S/c1-2-20-13-16(10-18-20)25(22,23)21-11-14-4-3-5-15(12-21)17(14)19-6-8-24-9-7-19/h10,13-15,17H,2-9,11-12H2,1H3/t14-,15+,17?. The average Bonchev–Trinajstić information content (AvgIpc) is 3.11. The summed E-state index contributed by atoms with van der Waals surface area (Å²) in [4.78, 5) is 2.88. The Labute approximate surface area is 150 Å². The highest BCUT2D eigenvalue weighted by Crippen LogP contribution is 2.39. The van der Waals surface area contributed by atoms with Gasteiger partial charge in [0.2, 0.25) is 10.0 Å². The molecule has 1 aliphatic carbocycles. The summed E-state index contributed by atoms with van der Waals surface area (Å²) < 4.78 is 35.0. The van der Waals surface area contributed by atoms with Crippen molar-refractivity contribution in [1.82, 2.24) is 19.0 Å². The molecular weight excluding hydrogens is 340 g/mol. The van der Waals surface area contributed by atoms with Crippen LogP contribution in [-0.2, 0) is 21.3 Å². The number of sulfonamides is 1. The van der Waals surface area contributed by atoms with E-state index in [1.165, 1.54) is 12.6 Å². The first-order valence-corrected chi connectivity index (χ1v) is 10.9. The van der Waals surface area contributed by atoms with Gasteiger partial charge in [0.15, 0.2) is 0 Å². The molecule has 4 rings (SSSR count). The van der Waals surface area contributed by atoms with E-state index < -0.39 is 10.0 Å². The summed E-state index contributed by atoms with van der Waals surface area (Å²) in [5.74, 6) is 0.864. The van der Waals surface area contributed by atoms with Gasteiger partial charge in [-0.05, 0) is 31.6 Å². The third-order valence-corrected chi connectivity index (χ3v) is 7.82. The van der Waals surface area contributed by atoms with Gasteiger partial charge in [0.05, 0.1) is 19.4 Å². The van der Waals surface area contributed by atoms with Gasteiger partial charge in [0, 0.05) is 45.0 Å². The zero-order valence-corrected chi connectivity index (χ0v) is 15.7. The zero-order valence-electron chi connectivity index (χ0n) is 14.9. The van der Waals surface area contributed by atoms with Crippen LogP contribution in [0.25, 0.3) is 0 Å². The molecule has 0 radical (unpaired) electrons. The second-order valence-corrected chi connectivity index (χ2v) is 9.38. The molecule has 2 bridgehead atoms. The lowest BCUT2D eigenvalue weighted by Gasteiger charge is -2.51. The normalized spacial score (nSPS) is 32.0. The summed E-state index contributed by atoms with van der Waals surface area (Å²) in [6, 6.07) is 0.516. The highest BCUT2D eigenvalue weighted by molar-refractivity contribution is 7.89. The molecule has 2 saturated heterocycles. The van der Waals surface area contributed by atoms with Gasteiger partial charge >= 0.3 is 0 Å². The number of aryl methyl sites for hydroxylation is 1. The molecule has 8 heteroatoms. The van der Waals surface area contributed by atoms with Gasteiger partial charge in [-0.25, -0.2) is 8.42 Å². The minimum Gasteiger partial charge on any atom is -0.379 e. The topological polar surface area (TPSA) is 67.7 Å². The molecule has 0 spiro atoms. The lowest BCUT2D eigenvalue weighted by molar-refractivity contribution is -0.0480. The zero-order chi connectivity index (χ0) is 17.4. The summed E-state index contributed by atoms with van der Waals surface area (Å²) in [7, 11) is -3.44. The van der Waals surface area contributed by atoms with Crippen molar-refractivity contribution in [2.45, 2.75) is 43.7 Å². The number of hydrogen-bond acceptors (Lipinski definition) is 5. The van der Waals surface area contributed by atoms with Gasteiger partial charge in [-0.3, -0.25) is 9.58 Å². The van der Waals surface area contributed by atoms with Crippen LogP contribution in [0.3, 0.4) is 0 Å². The maximum absolute atomic E-state index is 13.1. The molecule has 3 aliphatic rings. The molecule has 2 aliphatic heterocycles. The summed E-state index contributed by atoms with van der Waals surface area (Å²) >= 11 is 0. The van der Waals surface area contributed by atoms with Crippen LogP contribution in [0.2, 0.25) is 0 Å². The molecule has 0 N–H and O–H groups in total. The predicted molar refractivity (Wildman–Crippen MR) is 93.7 cm³/mol. The Balaban J connectivity index is 1.54. The lowest BCUT2D eigenvalue weighted by atomic mass is 9.73.